The van der Waals surface area contributed by atoms with Gasteiger partial charge in [0.05, 0.1) is 18.0 Å². The summed E-state index contributed by atoms with van der Waals surface area (Å²) in [4.78, 5) is 13.1. The summed E-state index contributed by atoms with van der Waals surface area (Å²) >= 11 is 0. The monoisotopic (exact) mass is 416 g/mol. The van der Waals surface area contributed by atoms with Gasteiger partial charge in [0, 0.05) is 0 Å². The molecule has 0 fully saturated rings. The number of hydrogen-bond donors (Lipinski definition) is 1. The summed E-state index contributed by atoms with van der Waals surface area (Å²) < 4.78 is 26.5. The maximum Gasteiger partial charge on any atom is 0.244 e. The van der Waals surface area contributed by atoms with Crippen molar-refractivity contribution in [2.75, 3.05) is 10.6 Å². The lowest BCUT2D eigenvalue weighted by Gasteiger charge is -2.31. The van der Waals surface area contributed by atoms with Gasteiger partial charge in [0.1, 0.15) is 6.04 Å². The van der Waals surface area contributed by atoms with Gasteiger partial charge in [-0.05, 0) is 55.9 Å². The molecular formula is C23H32N2O3S. The fraction of sp³-hybridized carbons (Fsp3) is 0.435. The van der Waals surface area contributed by atoms with E-state index in [2.05, 4.69) is 19.2 Å². The summed E-state index contributed by atoms with van der Waals surface area (Å²) in [7, 11) is -3.65. The summed E-state index contributed by atoms with van der Waals surface area (Å²) in [6, 6.07) is 14.4. The molecule has 2 rings (SSSR count). The van der Waals surface area contributed by atoms with E-state index in [1.54, 1.807) is 6.92 Å². The Morgan fingerprint density at radius 1 is 1.03 bits per heavy atom. The van der Waals surface area contributed by atoms with Gasteiger partial charge in [-0.2, -0.15) is 0 Å². The molecule has 29 heavy (non-hydrogen) atoms. The van der Waals surface area contributed by atoms with Gasteiger partial charge < -0.3 is 5.32 Å². The van der Waals surface area contributed by atoms with Gasteiger partial charge in [0.25, 0.3) is 0 Å². The highest BCUT2D eigenvalue weighted by atomic mass is 32.2. The van der Waals surface area contributed by atoms with E-state index in [9.17, 15) is 13.2 Å². The first kappa shape index (κ1) is 22.9. The van der Waals surface area contributed by atoms with Crippen molar-refractivity contribution in [1.82, 2.24) is 5.32 Å². The average molecular weight is 417 g/mol. The lowest BCUT2D eigenvalue weighted by atomic mass is 9.96. The summed E-state index contributed by atoms with van der Waals surface area (Å²) in [6.45, 7) is 9.59. The van der Waals surface area contributed by atoms with Gasteiger partial charge in [-0.25, -0.2) is 8.42 Å². The first-order valence-electron chi connectivity index (χ1n) is 9.92. The molecule has 0 aliphatic carbocycles. The number of anilines is 1. The van der Waals surface area contributed by atoms with Crippen molar-refractivity contribution in [3.63, 3.8) is 0 Å². The number of benzene rings is 2. The molecule has 6 heteroatoms. The quantitative estimate of drug-likeness (QED) is 0.695. The topological polar surface area (TPSA) is 66.5 Å². The van der Waals surface area contributed by atoms with Crippen LogP contribution in [-0.4, -0.2) is 26.6 Å². The predicted octanol–water partition coefficient (Wildman–Crippen LogP) is 4.36. The number of hydrogen-bond acceptors (Lipinski definition) is 3. The Bertz CT molecular complexity index is 940. The smallest absolute Gasteiger partial charge is 0.244 e. The largest absolute Gasteiger partial charge is 0.347 e. The highest BCUT2D eigenvalue weighted by Gasteiger charge is 2.31. The maximum atomic E-state index is 13.1. The Balaban J connectivity index is 2.36. The molecule has 2 unspecified atom stereocenters. The minimum Gasteiger partial charge on any atom is -0.347 e. The SMILES string of the molecule is Cc1ccc(C)c(N(C(C)C(=O)NC(CC(C)C)c2ccccc2)S(C)(=O)=O)c1. The van der Waals surface area contributed by atoms with Gasteiger partial charge in [-0.1, -0.05) is 56.3 Å². The Kier molecular flexibility index (Phi) is 7.47. The molecule has 0 bridgehead atoms. The molecule has 158 valence electrons. The second-order valence-corrected chi connectivity index (χ2v) is 9.99. The zero-order chi connectivity index (χ0) is 21.8. The lowest BCUT2D eigenvalue weighted by Crippen LogP contribution is -2.49. The molecule has 1 N–H and O–H groups in total. The van der Waals surface area contributed by atoms with Crippen LogP contribution in [0.2, 0.25) is 0 Å². The number of carbonyl (C=O) groups is 1. The first-order chi connectivity index (χ1) is 13.5. The Hall–Kier alpha value is -2.34. The molecule has 2 aromatic carbocycles. The number of aryl methyl sites for hydroxylation is 2. The third kappa shape index (κ3) is 6.07. The average Bonchev–Trinajstić information content (AvgIpc) is 2.63. The van der Waals surface area contributed by atoms with Crippen LogP contribution in [0.4, 0.5) is 5.69 Å². The van der Waals surface area contributed by atoms with Gasteiger partial charge in [-0.15, -0.1) is 0 Å². The highest BCUT2D eigenvalue weighted by Crippen LogP contribution is 2.27. The van der Waals surface area contributed by atoms with Crippen molar-refractivity contribution >= 4 is 21.6 Å². The van der Waals surface area contributed by atoms with E-state index < -0.39 is 16.1 Å². The number of carbonyl (C=O) groups excluding carboxylic acids is 1. The molecule has 0 aliphatic heterocycles. The Morgan fingerprint density at radius 3 is 2.21 bits per heavy atom. The van der Waals surface area contributed by atoms with E-state index in [1.165, 1.54) is 4.31 Å². The standard InChI is InChI=1S/C23H32N2O3S/c1-16(2)14-21(20-10-8-7-9-11-20)24-23(26)19(5)25(29(6,27)28)22-15-17(3)12-13-18(22)4/h7-13,15-16,19,21H,14H2,1-6H3,(H,24,26). The van der Waals surface area contributed by atoms with E-state index in [-0.39, 0.29) is 11.9 Å². The zero-order valence-corrected chi connectivity index (χ0v) is 19.0. The lowest BCUT2D eigenvalue weighted by molar-refractivity contribution is -0.122. The van der Waals surface area contributed by atoms with Crippen LogP contribution < -0.4 is 9.62 Å². The fourth-order valence-corrected chi connectivity index (χ4v) is 4.69. The number of sulfonamides is 1. The first-order valence-corrected chi connectivity index (χ1v) is 11.8. The van der Waals surface area contributed by atoms with Crippen LogP contribution in [0.15, 0.2) is 48.5 Å². The summed E-state index contributed by atoms with van der Waals surface area (Å²) in [5, 5.41) is 3.08. The van der Waals surface area contributed by atoms with Crippen molar-refractivity contribution in [3.8, 4) is 0 Å². The molecule has 0 aliphatic rings. The molecule has 5 nitrogen and oxygen atoms in total. The van der Waals surface area contributed by atoms with Crippen LogP contribution in [-0.2, 0) is 14.8 Å². The van der Waals surface area contributed by atoms with E-state index in [4.69, 9.17) is 0 Å². The van der Waals surface area contributed by atoms with Crippen LogP contribution >= 0.6 is 0 Å². The van der Waals surface area contributed by atoms with Crippen LogP contribution in [0, 0.1) is 19.8 Å². The second-order valence-electron chi connectivity index (χ2n) is 8.13. The Labute approximate surface area is 175 Å². The predicted molar refractivity (Wildman–Crippen MR) is 119 cm³/mol. The van der Waals surface area contributed by atoms with Crippen LogP contribution in [0.5, 0.6) is 0 Å². The summed E-state index contributed by atoms with van der Waals surface area (Å²) in [5.74, 6) is 0.0617. The van der Waals surface area contributed by atoms with Crippen molar-refractivity contribution in [2.24, 2.45) is 5.92 Å². The normalized spacial score (nSPS) is 13.8. The molecule has 0 heterocycles. The molecule has 0 saturated heterocycles. The van der Waals surface area contributed by atoms with Crippen molar-refractivity contribution < 1.29 is 13.2 Å². The molecule has 0 aromatic heterocycles. The third-order valence-electron chi connectivity index (χ3n) is 4.92. The molecule has 0 radical (unpaired) electrons. The van der Waals surface area contributed by atoms with Gasteiger partial charge in [0.15, 0.2) is 0 Å². The number of nitrogens with one attached hydrogen (secondary N) is 1. The fourth-order valence-electron chi connectivity index (χ4n) is 3.47. The van der Waals surface area contributed by atoms with Crippen LogP contribution in [0.25, 0.3) is 0 Å². The number of rotatable bonds is 8. The van der Waals surface area contributed by atoms with Crippen molar-refractivity contribution in [1.29, 1.82) is 0 Å². The summed E-state index contributed by atoms with van der Waals surface area (Å²) in [5.41, 5.74) is 3.30. The highest BCUT2D eigenvalue weighted by molar-refractivity contribution is 7.92. The number of nitrogens with zero attached hydrogens (tertiary/aromatic N) is 1. The summed E-state index contributed by atoms with van der Waals surface area (Å²) in [6.07, 6.45) is 1.91. The molecule has 0 saturated carbocycles. The minimum atomic E-state index is -3.65. The van der Waals surface area contributed by atoms with Crippen molar-refractivity contribution in [3.05, 3.63) is 65.2 Å². The molecular weight excluding hydrogens is 384 g/mol. The van der Waals surface area contributed by atoms with Crippen LogP contribution in [0.1, 0.15) is 49.9 Å². The third-order valence-corrected chi connectivity index (χ3v) is 6.14. The van der Waals surface area contributed by atoms with E-state index in [0.29, 0.717) is 11.6 Å². The van der Waals surface area contributed by atoms with E-state index in [0.717, 1.165) is 29.4 Å². The van der Waals surface area contributed by atoms with Crippen LogP contribution in [0.3, 0.4) is 0 Å². The molecule has 1 amide bonds. The molecule has 2 aromatic rings. The minimum absolute atomic E-state index is 0.175. The van der Waals surface area contributed by atoms with E-state index in [1.807, 2.05) is 62.4 Å². The van der Waals surface area contributed by atoms with Gasteiger partial charge in [0.2, 0.25) is 15.9 Å². The maximum absolute atomic E-state index is 13.1. The molecule has 2 atom stereocenters. The van der Waals surface area contributed by atoms with Crippen molar-refractivity contribution in [2.45, 2.75) is 53.1 Å². The zero-order valence-electron chi connectivity index (χ0n) is 18.1. The second kappa shape index (κ2) is 9.44. The van der Waals surface area contributed by atoms with E-state index >= 15 is 0 Å². The number of amides is 1. The molecule has 0 spiro atoms. The van der Waals surface area contributed by atoms with Gasteiger partial charge >= 0.3 is 0 Å². The Morgan fingerprint density at radius 2 is 1.66 bits per heavy atom. The van der Waals surface area contributed by atoms with Gasteiger partial charge in [-0.3, -0.25) is 9.10 Å².